The summed E-state index contributed by atoms with van der Waals surface area (Å²) >= 11 is 0.0336. The molecule has 0 saturated carbocycles. The van der Waals surface area contributed by atoms with Gasteiger partial charge in [-0.05, 0) is 0 Å². The van der Waals surface area contributed by atoms with Crippen LogP contribution < -0.4 is 0 Å². The van der Waals surface area contributed by atoms with Gasteiger partial charge in [0.25, 0.3) is 0 Å². The third-order valence-corrected chi connectivity index (χ3v) is 0.393. The number of halogens is 1. The molecule has 0 aliphatic heterocycles. The van der Waals surface area contributed by atoms with E-state index in [-0.39, 0.29) is 17.9 Å². The molecule has 0 aliphatic carbocycles. The summed E-state index contributed by atoms with van der Waals surface area (Å²) in [5.41, 5.74) is 0. The Morgan fingerprint density at radius 3 is 2.60 bits per heavy atom. The lowest BCUT2D eigenvalue weighted by molar-refractivity contribution is -0.105. The Balaban J connectivity index is 2.40. The Morgan fingerprint density at radius 2 is 2.60 bits per heavy atom. The molecule has 0 atom stereocenters. The van der Waals surface area contributed by atoms with Gasteiger partial charge in [0.05, 0.1) is 17.9 Å². The van der Waals surface area contributed by atoms with Crippen LogP contribution in [0.15, 0.2) is 0 Å². The van der Waals surface area contributed by atoms with Gasteiger partial charge in [-0.2, -0.15) is 3.89 Å². The SMILES string of the molecule is O=CCSF. The Hall–Kier alpha value is -0.0500. The number of rotatable bonds is 2. The summed E-state index contributed by atoms with van der Waals surface area (Å²) in [6, 6.07) is 0. The van der Waals surface area contributed by atoms with Crippen LogP contribution >= 0.6 is 12.1 Å². The van der Waals surface area contributed by atoms with Crippen LogP contribution in [0, 0.1) is 0 Å². The molecule has 30 valence electrons. The molecule has 0 spiro atoms. The smallest absolute Gasteiger partial charge is 0.132 e. The summed E-state index contributed by atoms with van der Waals surface area (Å²) in [6.45, 7) is 0. The van der Waals surface area contributed by atoms with Gasteiger partial charge < -0.3 is 4.79 Å². The third kappa shape index (κ3) is 3.95. The van der Waals surface area contributed by atoms with E-state index in [0.29, 0.717) is 6.29 Å². The van der Waals surface area contributed by atoms with E-state index >= 15 is 0 Å². The van der Waals surface area contributed by atoms with Crippen molar-refractivity contribution in [2.75, 3.05) is 5.75 Å². The predicted molar refractivity (Wildman–Crippen MR) is 19.6 cm³/mol. The molecule has 0 aliphatic rings. The molecule has 0 saturated heterocycles. The van der Waals surface area contributed by atoms with E-state index in [1.165, 1.54) is 0 Å². The average molecular weight is 94.1 g/mol. The first-order chi connectivity index (χ1) is 2.41. The Labute approximate surface area is 33.8 Å². The maximum absolute atomic E-state index is 10.7. The van der Waals surface area contributed by atoms with Gasteiger partial charge in [-0.1, -0.05) is 0 Å². The van der Waals surface area contributed by atoms with Gasteiger partial charge in [0.15, 0.2) is 0 Å². The maximum Gasteiger partial charge on any atom is 0.132 e. The van der Waals surface area contributed by atoms with Gasteiger partial charge in [-0.25, -0.2) is 0 Å². The van der Waals surface area contributed by atoms with Gasteiger partial charge >= 0.3 is 0 Å². The van der Waals surface area contributed by atoms with Gasteiger partial charge in [-0.3, -0.25) is 0 Å². The van der Waals surface area contributed by atoms with Crippen LogP contribution in [-0.2, 0) is 4.79 Å². The number of carbonyl (C=O) groups is 1. The summed E-state index contributed by atoms with van der Waals surface area (Å²) in [5, 5.41) is 0. The minimum absolute atomic E-state index is 0.0336. The van der Waals surface area contributed by atoms with E-state index in [1.807, 2.05) is 0 Å². The van der Waals surface area contributed by atoms with E-state index < -0.39 is 0 Å². The highest BCUT2D eigenvalue weighted by molar-refractivity contribution is 7.94. The molecule has 0 amide bonds. The molecular formula is C2H3FOS. The second kappa shape index (κ2) is 3.95. The molecule has 0 bridgehead atoms. The number of hydrogen-bond donors (Lipinski definition) is 0. The van der Waals surface area contributed by atoms with E-state index in [4.69, 9.17) is 4.79 Å². The highest BCUT2D eigenvalue weighted by atomic mass is 32.2. The van der Waals surface area contributed by atoms with E-state index in [9.17, 15) is 3.89 Å². The normalized spacial score (nSPS) is 7.40. The average Bonchev–Trinajstić information content (AvgIpc) is 1.41. The van der Waals surface area contributed by atoms with Crippen LogP contribution in [0.5, 0.6) is 0 Å². The largest absolute Gasteiger partial charge is 0.302 e. The molecule has 1 nitrogen and oxygen atoms in total. The molecule has 0 radical (unpaired) electrons. The van der Waals surface area contributed by atoms with Crippen LogP contribution in [0.3, 0.4) is 0 Å². The van der Waals surface area contributed by atoms with Gasteiger partial charge in [0.2, 0.25) is 0 Å². The lowest BCUT2D eigenvalue weighted by atomic mass is 10.9. The Kier molecular flexibility index (Phi) is 3.91. The Bertz CT molecular complexity index is 30.8. The highest BCUT2D eigenvalue weighted by Crippen LogP contribution is 1.93. The van der Waals surface area contributed by atoms with Crippen LogP contribution in [0.1, 0.15) is 0 Å². The van der Waals surface area contributed by atoms with Crippen molar-refractivity contribution in [2.45, 2.75) is 0 Å². The standard InChI is InChI=1S/C2H3FOS/c3-5-2-1-4/h1H,2H2. The van der Waals surface area contributed by atoms with Crippen LogP contribution in [-0.4, -0.2) is 12.0 Å². The summed E-state index contributed by atoms with van der Waals surface area (Å²) in [5.74, 6) is -0.0417. The predicted octanol–water partition coefficient (Wildman–Crippen LogP) is 0.803. The molecule has 3 heteroatoms. The topological polar surface area (TPSA) is 17.1 Å². The summed E-state index contributed by atoms with van der Waals surface area (Å²) in [6.07, 6.45) is 0.519. The summed E-state index contributed by atoms with van der Waals surface area (Å²) in [7, 11) is 0. The Morgan fingerprint density at radius 1 is 2.00 bits per heavy atom. The van der Waals surface area contributed by atoms with Crippen molar-refractivity contribution >= 4 is 18.4 Å². The van der Waals surface area contributed by atoms with Crippen molar-refractivity contribution in [1.29, 1.82) is 0 Å². The molecule has 0 aromatic carbocycles. The molecule has 5 heavy (non-hydrogen) atoms. The zero-order chi connectivity index (χ0) is 4.12. The van der Waals surface area contributed by atoms with Gasteiger partial charge in [0, 0.05) is 0 Å². The van der Waals surface area contributed by atoms with Crippen molar-refractivity contribution in [3.8, 4) is 0 Å². The highest BCUT2D eigenvalue weighted by Gasteiger charge is 1.72. The molecule has 0 heterocycles. The first kappa shape index (κ1) is 4.95. The molecule has 0 fully saturated rings. The van der Waals surface area contributed by atoms with Crippen molar-refractivity contribution < 1.29 is 8.68 Å². The van der Waals surface area contributed by atoms with Crippen molar-refractivity contribution in [3.05, 3.63) is 0 Å². The third-order valence-electron chi connectivity index (χ3n) is 0.131. The van der Waals surface area contributed by atoms with E-state index in [2.05, 4.69) is 0 Å². The number of hydrogen-bond acceptors (Lipinski definition) is 2. The van der Waals surface area contributed by atoms with Crippen LogP contribution in [0.4, 0.5) is 3.89 Å². The quantitative estimate of drug-likeness (QED) is 0.471. The minimum Gasteiger partial charge on any atom is -0.302 e. The lowest BCUT2D eigenvalue weighted by Crippen LogP contribution is -1.68. The zero-order valence-corrected chi connectivity index (χ0v) is 3.30. The van der Waals surface area contributed by atoms with E-state index in [1.54, 1.807) is 0 Å². The van der Waals surface area contributed by atoms with Crippen LogP contribution in [0.25, 0.3) is 0 Å². The molecule has 0 unspecified atom stereocenters. The molecule has 0 N–H and O–H groups in total. The van der Waals surface area contributed by atoms with Crippen molar-refractivity contribution in [1.82, 2.24) is 0 Å². The lowest BCUT2D eigenvalue weighted by Gasteiger charge is -1.63. The van der Waals surface area contributed by atoms with E-state index in [0.717, 1.165) is 0 Å². The number of aldehydes is 1. The van der Waals surface area contributed by atoms with Crippen LogP contribution in [0.2, 0.25) is 0 Å². The van der Waals surface area contributed by atoms with Crippen molar-refractivity contribution in [3.63, 3.8) is 0 Å². The maximum atomic E-state index is 10.7. The molecule has 0 aromatic rings. The molecular weight excluding hydrogens is 91.1 g/mol. The second-order valence-electron chi connectivity index (χ2n) is 0.442. The first-order valence-corrected chi connectivity index (χ1v) is 1.97. The fourth-order valence-electron chi connectivity index (χ4n) is 0.0257. The molecule has 0 rings (SSSR count). The van der Waals surface area contributed by atoms with Crippen molar-refractivity contribution in [2.24, 2.45) is 0 Å². The summed E-state index contributed by atoms with van der Waals surface area (Å²) in [4.78, 5) is 9.14. The monoisotopic (exact) mass is 94.0 g/mol. The summed E-state index contributed by atoms with van der Waals surface area (Å²) < 4.78 is 10.7. The number of carbonyl (C=O) groups excluding carboxylic acids is 1. The fraction of sp³-hybridized carbons (Fsp3) is 0.500. The zero-order valence-electron chi connectivity index (χ0n) is 2.48. The molecule has 0 aromatic heterocycles. The van der Waals surface area contributed by atoms with Gasteiger partial charge in [-0.15, -0.1) is 0 Å². The first-order valence-electron chi connectivity index (χ1n) is 1.09. The second-order valence-corrected chi connectivity index (χ2v) is 0.994. The fourth-order valence-corrected chi connectivity index (χ4v) is 0.0772. The van der Waals surface area contributed by atoms with Gasteiger partial charge in [0.1, 0.15) is 6.29 Å². The minimum atomic E-state index is -0.0417.